The zero-order chi connectivity index (χ0) is 18.6. The number of carbonyl (C=O) groups is 1. The Morgan fingerprint density at radius 1 is 1.15 bits per heavy atom. The van der Waals surface area contributed by atoms with Gasteiger partial charge in [-0.1, -0.05) is 6.07 Å². The van der Waals surface area contributed by atoms with E-state index in [1.54, 1.807) is 35.5 Å². The number of benzene rings is 1. The average molecular weight is 364 g/mol. The second-order valence-corrected chi connectivity index (χ2v) is 6.21. The van der Waals surface area contributed by atoms with Crippen molar-refractivity contribution < 1.29 is 13.9 Å². The summed E-state index contributed by atoms with van der Waals surface area (Å²) in [5.41, 5.74) is 1.08. The van der Waals surface area contributed by atoms with Gasteiger partial charge < -0.3 is 9.64 Å². The van der Waals surface area contributed by atoms with E-state index >= 15 is 0 Å². The van der Waals surface area contributed by atoms with E-state index in [0.29, 0.717) is 29.6 Å². The third-order valence-electron chi connectivity index (χ3n) is 4.41. The van der Waals surface area contributed by atoms with Crippen LogP contribution in [0.15, 0.2) is 61.1 Å². The number of rotatable bonds is 4. The molecule has 1 aliphatic rings. The van der Waals surface area contributed by atoms with Crippen LogP contribution in [0.4, 0.5) is 4.39 Å². The van der Waals surface area contributed by atoms with Gasteiger partial charge in [0, 0.05) is 12.7 Å². The Morgan fingerprint density at radius 3 is 2.78 bits per heavy atom. The minimum absolute atomic E-state index is 0.121. The maximum Gasteiger partial charge on any atom is 0.273 e. The van der Waals surface area contributed by atoms with E-state index in [0.717, 1.165) is 12.8 Å². The minimum Gasteiger partial charge on any atom is -0.437 e. The van der Waals surface area contributed by atoms with Crippen molar-refractivity contribution in [1.29, 1.82) is 0 Å². The Labute approximate surface area is 155 Å². The molecular weight excluding hydrogens is 347 g/mol. The predicted molar refractivity (Wildman–Crippen MR) is 95.8 cm³/mol. The average Bonchev–Trinajstić information content (AvgIpc) is 3.20. The molecule has 7 heteroatoms. The van der Waals surface area contributed by atoms with Crippen LogP contribution in [0, 0.1) is 5.82 Å². The topological polar surface area (TPSA) is 68.2 Å². The number of pyridine rings is 1. The van der Waals surface area contributed by atoms with Gasteiger partial charge in [-0.2, -0.15) is 0 Å². The highest BCUT2D eigenvalue weighted by atomic mass is 19.1. The van der Waals surface area contributed by atoms with Gasteiger partial charge in [0.15, 0.2) is 0 Å². The number of likely N-dealkylation sites (tertiary alicyclic amines) is 1. The van der Waals surface area contributed by atoms with Gasteiger partial charge in [0.2, 0.25) is 5.88 Å². The molecule has 3 heterocycles. The molecule has 4 rings (SSSR count). The van der Waals surface area contributed by atoms with Crippen molar-refractivity contribution in [2.24, 2.45) is 0 Å². The van der Waals surface area contributed by atoms with Crippen molar-refractivity contribution in [2.45, 2.75) is 18.9 Å². The van der Waals surface area contributed by atoms with Crippen LogP contribution >= 0.6 is 0 Å². The Bertz CT molecular complexity index is 934. The largest absolute Gasteiger partial charge is 0.437 e. The van der Waals surface area contributed by atoms with Crippen LogP contribution in [0.25, 0.3) is 0 Å². The molecule has 1 saturated heterocycles. The van der Waals surface area contributed by atoms with E-state index < -0.39 is 0 Å². The number of halogens is 1. The SMILES string of the molecule is O=C(c1ccccn1)N1CCCC1c1cncc(Oc2ccc(F)cc2)n1. The van der Waals surface area contributed by atoms with Gasteiger partial charge in [-0.25, -0.2) is 9.37 Å². The molecule has 1 fully saturated rings. The van der Waals surface area contributed by atoms with Crippen LogP contribution in [0.2, 0.25) is 0 Å². The van der Waals surface area contributed by atoms with E-state index in [-0.39, 0.29) is 17.8 Å². The molecule has 0 radical (unpaired) electrons. The fourth-order valence-electron chi connectivity index (χ4n) is 3.15. The highest BCUT2D eigenvalue weighted by Gasteiger charge is 2.32. The van der Waals surface area contributed by atoms with E-state index in [2.05, 4.69) is 15.0 Å². The summed E-state index contributed by atoms with van der Waals surface area (Å²) < 4.78 is 18.7. The van der Waals surface area contributed by atoms with E-state index in [4.69, 9.17) is 4.74 Å². The first-order valence-electron chi connectivity index (χ1n) is 8.68. The van der Waals surface area contributed by atoms with Crippen LogP contribution in [0.3, 0.4) is 0 Å². The molecular formula is C20H17FN4O2. The maximum atomic E-state index is 13.0. The standard InChI is InChI=1S/C20H17FN4O2/c21-14-6-8-15(9-7-14)27-19-13-22-12-17(24-19)18-5-3-11-25(18)20(26)16-4-1-2-10-23-16/h1-2,4,6-10,12-13,18H,3,5,11H2. The molecule has 1 atom stereocenters. The van der Waals surface area contributed by atoms with Gasteiger partial charge in [0.05, 0.1) is 24.1 Å². The zero-order valence-electron chi connectivity index (χ0n) is 14.5. The summed E-state index contributed by atoms with van der Waals surface area (Å²) in [4.78, 5) is 27.4. The van der Waals surface area contributed by atoms with Gasteiger partial charge in [-0.3, -0.25) is 14.8 Å². The van der Waals surface area contributed by atoms with Crippen molar-refractivity contribution in [3.05, 3.63) is 78.3 Å². The number of ether oxygens (including phenoxy) is 1. The number of hydrogen-bond acceptors (Lipinski definition) is 5. The summed E-state index contributed by atoms with van der Waals surface area (Å²) in [6, 6.07) is 10.8. The molecule has 1 amide bonds. The summed E-state index contributed by atoms with van der Waals surface area (Å²) >= 11 is 0. The first kappa shape index (κ1) is 17.1. The number of aromatic nitrogens is 3. The van der Waals surface area contributed by atoms with Crippen LogP contribution in [0.5, 0.6) is 11.6 Å². The zero-order valence-corrected chi connectivity index (χ0v) is 14.5. The fourth-order valence-corrected chi connectivity index (χ4v) is 3.15. The third-order valence-corrected chi connectivity index (χ3v) is 4.41. The molecule has 3 aromatic rings. The molecule has 1 unspecified atom stereocenters. The lowest BCUT2D eigenvalue weighted by molar-refractivity contribution is 0.0726. The maximum absolute atomic E-state index is 13.0. The lowest BCUT2D eigenvalue weighted by atomic mass is 10.1. The fraction of sp³-hybridized carbons (Fsp3) is 0.200. The number of nitrogens with zero attached hydrogens (tertiary/aromatic N) is 4. The van der Waals surface area contributed by atoms with Gasteiger partial charge >= 0.3 is 0 Å². The summed E-state index contributed by atoms with van der Waals surface area (Å²) in [5.74, 6) is 0.313. The van der Waals surface area contributed by atoms with Gasteiger partial charge in [0.1, 0.15) is 17.3 Å². The first-order valence-corrected chi connectivity index (χ1v) is 8.68. The Morgan fingerprint density at radius 2 is 2.00 bits per heavy atom. The lowest BCUT2D eigenvalue weighted by Crippen LogP contribution is -2.31. The highest BCUT2D eigenvalue weighted by Crippen LogP contribution is 2.32. The van der Waals surface area contributed by atoms with E-state index in [1.807, 2.05) is 0 Å². The molecule has 1 aliphatic heterocycles. The van der Waals surface area contributed by atoms with Crippen LogP contribution in [-0.4, -0.2) is 32.3 Å². The molecule has 6 nitrogen and oxygen atoms in total. The number of carbonyl (C=O) groups excluding carboxylic acids is 1. The normalized spacial score (nSPS) is 16.3. The second kappa shape index (κ2) is 7.49. The molecule has 0 spiro atoms. The number of hydrogen-bond donors (Lipinski definition) is 0. The Hall–Kier alpha value is -3.35. The van der Waals surface area contributed by atoms with Crippen LogP contribution in [-0.2, 0) is 0 Å². The Kier molecular flexibility index (Phi) is 4.74. The summed E-state index contributed by atoms with van der Waals surface area (Å²) in [6.07, 6.45) is 6.43. The van der Waals surface area contributed by atoms with Gasteiger partial charge in [0.25, 0.3) is 5.91 Å². The van der Waals surface area contributed by atoms with E-state index in [9.17, 15) is 9.18 Å². The van der Waals surface area contributed by atoms with Crippen molar-refractivity contribution in [2.75, 3.05) is 6.54 Å². The molecule has 0 saturated carbocycles. The molecule has 0 aliphatic carbocycles. The first-order chi connectivity index (χ1) is 13.2. The van der Waals surface area contributed by atoms with Gasteiger partial charge in [-0.05, 0) is 49.2 Å². The van der Waals surface area contributed by atoms with Crippen molar-refractivity contribution in [3.8, 4) is 11.6 Å². The van der Waals surface area contributed by atoms with Crippen LogP contribution < -0.4 is 4.74 Å². The summed E-state index contributed by atoms with van der Waals surface area (Å²) in [6.45, 7) is 0.644. The molecule has 27 heavy (non-hydrogen) atoms. The summed E-state index contributed by atoms with van der Waals surface area (Å²) in [7, 11) is 0. The lowest BCUT2D eigenvalue weighted by Gasteiger charge is -2.24. The van der Waals surface area contributed by atoms with Crippen molar-refractivity contribution in [1.82, 2.24) is 19.9 Å². The molecule has 136 valence electrons. The predicted octanol–water partition coefficient (Wildman–Crippen LogP) is 3.78. The van der Waals surface area contributed by atoms with E-state index in [1.165, 1.54) is 30.5 Å². The Balaban J connectivity index is 1.55. The van der Waals surface area contributed by atoms with Crippen molar-refractivity contribution in [3.63, 3.8) is 0 Å². The van der Waals surface area contributed by atoms with Crippen molar-refractivity contribution >= 4 is 5.91 Å². The molecule has 2 aromatic heterocycles. The van der Waals surface area contributed by atoms with Gasteiger partial charge in [-0.15, -0.1) is 0 Å². The minimum atomic E-state index is -0.336. The summed E-state index contributed by atoms with van der Waals surface area (Å²) in [5, 5.41) is 0. The second-order valence-electron chi connectivity index (χ2n) is 6.21. The monoisotopic (exact) mass is 364 g/mol. The molecule has 0 bridgehead atoms. The number of amides is 1. The van der Waals surface area contributed by atoms with Crippen LogP contribution in [0.1, 0.15) is 35.1 Å². The molecule has 1 aromatic carbocycles. The molecule has 0 N–H and O–H groups in total. The smallest absolute Gasteiger partial charge is 0.273 e. The third kappa shape index (κ3) is 3.76. The quantitative estimate of drug-likeness (QED) is 0.705. The highest BCUT2D eigenvalue weighted by molar-refractivity contribution is 5.92.